The summed E-state index contributed by atoms with van der Waals surface area (Å²) in [6.07, 6.45) is -0.821. The van der Waals surface area contributed by atoms with Crippen LogP contribution in [-0.4, -0.2) is 52.8 Å². The van der Waals surface area contributed by atoms with E-state index in [0.717, 1.165) is 5.56 Å². The Bertz CT molecular complexity index is 611. The maximum atomic E-state index is 12.9. The highest BCUT2D eigenvalue weighted by Crippen LogP contribution is 2.34. The quantitative estimate of drug-likeness (QED) is 0.818. The Kier molecular flexibility index (Phi) is 6.89. The van der Waals surface area contributed by atoms with Gasteiger partial charge in [-0.1, -0.05) is 37.3 Å². The monoisotopic (exact) mass is 379 g/mol. The third-order valence-corrected chi connectivity index (χ3v) is 4.62. The number of benzene rings is 1. The van der Waals surface area contributed by atoms with Gasteiger partial charge in [0.05, 0.1) is 25.4 Å². The smallest absolute Gasteiger partial charge is 0.412 e. The van der Waals surface area contributed by atoms with E-state index in [4.69, 9.17) is 14.2 Å². The fourth-order valence-corrected chi connectivity index (χ4v) is 3.27. The lowest BCUT2D eigenvalue weighted by atomic mass is 9.97. The molecule has 0 unspecified atom stereocenters. The van der Waals surface area contributed by atoms with E-state index in [1.165, 1.54) is 0 Å². The van der Waals surface area contributed by atoms with Gasteiger partial charge in [0.15, 0.2) is 0 Å². The maximum Gasteiger partial charge on any atom is 0.412 e. The zero-order valence-electron chi connectivity index (χ0n) is 17.3. The van der Waals surface area contributed by atoms with Crippen LogP contribution in [0.1, 0.15) is 47.1 Å². The second-order valence-corrected chi connectivity index (χ2v) is 8.60. The predicted molar refractivity (Wildman–Crippen MR) is 103 cm³/mol. The molecule has 152 valence electrons. The molecule has 1 fully saturated rings. The van der Waals surface area contributed by atoms with Gasteiger partial charge in [-0.05, 0) is 40.2 Å². The van der Waals surface area contributed by atoms with Crippen molar-refractivity contribution in [2.75, 3.05) is 13.2 Å². The molecule has 6 heteroatoms. The number of aliphatic hydroxyl groups is 1. The highest BCUT2D eigenvalue weighted by atomic mass is 16.6. The summed E-state index contributed by atoms with van der Waals surface area (Å²) in [6.45, 7) is 11.8. The van der Waals surface area contributed by atoms with E-state index in [0.29, 0.717) is 13.2 Å². The summed E-state index contributed by atoms with van der Waals surface area (Å²) in [6, 6.07) is 9.49. The number of ether oxygens (including phenoxy) is 3. The first-order chi connectivity index (χ1) is 12.5. The number of hydrogen-bond acceptors (Lipinski definition) is 5. The SMILES string of the molecule is C[C@@H](CO)[C@@H](OCc1ccccc1)[C@H]1COC(C)(C)N1C(=O)OC(C)(C)C. The highest BCUT2D eigenvalue weighted by Gasteiger charge is 2.50. The van der Waals surface area contributed by atoms with Gasteiger partial charge >= 0.3 is 6.09 Å². The van der Waals surface area contributed by atoms with Crippen LogP contribution in [0.5, 0.6) is 0 Å². The van der Waals surface area contributed by atoms with Crippen LogP contribution < -0.4 is 0 Å². The molecule has 1 saturated heterocycles. The van der Waals surface area contributed by atoms with Crippen LogP contribution in [0.15, 0.2) is 30.3 Å². The number of aliphatic hydroxyl groups excluding tert-OH is 1. The largest absolute Gasteiger partial charge is 0.444 e. The van der Waals surface area contributed by atoms with Gasteiger partial charge in [-0.15, -0.1) is 0 Å². The van der Waals surface area contributed by atoms with Crippen molar-refractivity contribution in [1.82, 2.24) is 4.90 Å². The van der Waals surface area contributed by atoms with Crippen molar-refractivity contribution in [3.8, 4) is 0 Å². The lowest BCUT2D eigenvalue weighted by Crippen LogP contribution is -2.55. The van der Waals surface area contributed by atoms with E-state index >= 15 is 0 Å². The third-order valence-electron chi connectivity index (χ3n) is 4.62. The van der Waals surface area contributed by atoms with Gasteiger partial charge in [-0.2, -0.15) is 0 Å². The second-order valence-electron chi connectivity index (χ2n) is 8.60. The molecule has 0 radical (unpaired) electrons. The molecule has 1 aromatic rings. The number of hydrogen-bond donors (Lipinski definition) is 1. The average Bonchev–Trinajstić information content (AvgIpc) is 2.89. The van der Waals surface area contributed by atoms with E-state index in [2.05, 4.69) is 0 Å². The van der Waals surface area contributed by atoms with E-state index < -0.39 is 17.4 Å². The van der Waals surface area contributed by atoms with Gasteiger partial charge in [-0.3, -0.25) is 4.90 Å². The topological polar surface area (TPSA) is 68.2 Å². The summed E-state index contributed by atoms with van der Waals surface area (Å²) in [5.74, 6) is -0.166. The Morgan fingerprint density at radius 3 is 2.52 bits per heavy atom. The first kappa shape index (κ1) is 21.7. The first-order valence-electron chi connectivity index (χ1n) is 9.48. The van der Waals surface area contributed by atoms with Crippen LogP contribution >= 0.6 is 0 Å². The molecule has 0 bridgehead atoms. The van der Waals surface area contributed by atoms with Gasteiger partial charge in [-0.25, -0.2) is 4.79 Å². The van der Waals surface area contributed by atoms with Crippen LogP contribution in [0.25, 0.3) is 0 Å². The van der Waals surface area contributed by atoms with Crippen LogP contribution in [0.3, 0.4) is 0 Å². The summed E-state index contributed by atoms with van der Waals surface area (Å²) >= 11 is 0. The molecule has 1 N–H and O–H groups in total. The Labute approximate surface area is 162 Å². The lowest BCUT2D eigenvalue weighted by molar-refractivity contribution is -0.0844. The van der Waals surface area contributed by atoms with Gasteiger partial charge in [0.1, 0.15) is 11.3 Å². The zero-order chi connectivity index (χ0) is 20.2. The standard InChI is InChI=1S/C21H33NO5/c1-15(12-23)18(25-13-16-10-8-7-9-11-16)17-14-26-21(5,6)22(17)19(24)27-20(2,3)4/h7-11,15,17-18,23H,12-14H2,1-6H3/t15-,17+,18+/m0/s1. The van der Waals surface area contributed by atoms with Crippen molar-refractivity contribution < 1.29 is 24.1 Å². The van der Waals surface area contributed by atoms with Gasteiger partial charge in [0.25, 0.3) is 0 Å². The zero-order valence-corrected chi connectivity index (χ0v) is 17.3. The molecular formula is C21H33NO5. The van der Waals surface area contributed by atoms with Crippen molar-refractivity contribution >= 4 is 6.09 Å². The van der Waals surface area contributed by atoms with Crippen molar-refractivity contribution in [2.45, 2.75) is 71.6 Å². The van der Waals surface area contributed by atoms with Crippen LogP contribution in [0.2, 0.25) is 0 Å². The minimum atomic E-state index is -0.809. The minimum Gasteiger partial charge on any atom is -0.444 e. The van der Waals surface area contributed by atoms with Gasteiger partial charge in [0, 0.05) is 12.5 Å². The molecule has 3 atom stereocenters. The van der Waals surface area contributed by atoms with Crippen LogP contribution in [0.4, 0.5) is 4.79 Å². The number of carbonyl (C=O) groups excluding carboxylic acids is 1. The molecule has 2 rings (SSSR count). The lowest BCUT2D eigenvalue weighted by Gasteiger charge is -2.39. The molecule has 1 heterocycles. The van der Waals surface area contributed by atoms with Crippen LogP contribution in [-0.2, 0) is 20.8 Å². The second kappa shape index (κ2) is 8.59. The van der Waals surface area contributed by atoms with Crippen molar-refractivity contribution in [3.05, 3.63) is 35.9 Å². The fraction of sp³-hybridized carbons (Fsp3) is 0.667. The maximum absolute atomic E-state index is 12.9. The third kappa shape index (κ3) is 5.67. The molecule has 1 aliphatic heterocycles. The Balaban J connectivity index is 2.22. The summed E-state index contributed by atoms with van der Waals surface area (Å²) in [5.41, 5.74) is -0.380. The van der Waals surface area contributed by atoms with Crippen molar-refractivity contribution in [2.24, 2.45) is 5.92 Å². The van der Waals surface area contributed by atoms with Crippen molar-refractivity contribution in [3.63, 3.8) is 0 Å². The molecule has 1 amide bonds. The highest BCUT2D eigenvalue weighted by molar-refractivity contribution is 5.70. The molecule has 0 spiro atoms. The Morgan fingerprint density at radius 2 is 1.96 bits per heavy atom. The summed E-state index contributed by atoms with van der Waals surface area (Å²) in [4.78, 5) is 14.5. The molecule has 0 aliphatic carbocycles. The Morgan fingerprint density at radius 1 is 1.33 bits per heavy atom. The molecule has 1 aliphatic rings. The molecular weight excluding hydrogens is 346 g/mol. The summed E-state index contributed by atoms with van der Waals surface area (Å²) < 4.78 is 17.7. The number of carbonyl (C=O) groups is 1. The Hall–Kier alpha value is -1.63. The number of nitrogens with zero attached hydrogens (tertiary/aromatic N) is 1. The van der Waals surface area contributed by atoms with E-state index in [-0.39, 0.29) is 24.7 Å². The molecule has 0 saturated carbocycles. The molecule has 1 aromatic carbocycles. The predicted octanol–water partition coefficient (Wildman–Crippen LogP) is 3.57. The summed E-state index contributed by atoms with van der Waals surface area (Å²) in [7, 11) is 0. The van der Waals surface area contributed by atoms with Gasteiger partial charge < -0.3 is 19.3 Å². The van der Waals surface area contributed by atoms with Gasteiger partial charge in [0.2, 0.25) is 0 Å². The van der Waals surface area contributed by atoms with E-state index in [9.17, 15) is 9.90 Å². The first-order valence-corrected chi connectivity index (χ1v) is 9.48. The summed E-state index contributed by atoms with van der Waals surface area (Å²) in [5, 5.41) is 9.75. The van der Waals surface area contributed by atoms with Crippen LogP contribution in [0, 0.1) is 5.92 Å². The van der Waals surface area contributed by atoms with E-state index in [1.807, 2.05) is 71.9 Å². The number of amides is 1. The van der Waals surface area contributed by atoms with E-state index in [1.54, 1.807) is 4.90 Å². The normalized spacial score (nSPS) is 21.7. The minimum absolute atomic E-state index is 0.0431. The van der Waals surface area contributed by atoms with Crippen molar-refractivity contribution in [1.29, 1.82) is 0 Å². The average molecular weight is 379 g/mol. The number of rotatable bonds is 6. The molecule has 0 aromatic heterocycles. The molecule has 27 heavy (non-hydrogen) atoms. The molecule has 6 nitrogen and oxygen atoms in total. The fourth-order valence-electron chi connectivity index (χ4n) is 3.27.